The molecule has 0 aliphatic heterocycles. The van der Waals surface area contributed by atoms with Crippen LogP contribution in [0, 0.1) is 0 Å². The molecule has 1 heterocycles. The molecule has 77 valence electrons. The minimum Gasteiger partial charge on any atom is -0.479 e. The van der Waals surface area contributed by atoms with Crippen LogP contribution in [0.3, 0.4) is 0 Å². The molecule has 1 radical (unpaired) electrons. The van der Waals surface area contributed by atoms with E-state index in [1.54, 1.807) is 12.4 Å². The minimum absolute atomic E-state index is 0. The predicted octanol–water partition coefficient (Wildman–Crippen LogP) is 0.531. The van der Waals surface area contributed by atoms with Crippen LogP contribution in [0.15, 0.2) is 30.6 Å². The van der Waals surface area contributed by atoms with Gasteiger partial charge in [0.1, 0.15) is 6.10 Å². The van der Waals surface area contributed by atoms with Crippen LogP contribution in [0.25, 0.3) is 0 Å². The Balaban J connectivity index is 0. The fraction of sp³-hybridized carbons (Fsp3) is 0.250. The van der Waals surface area contributed by atoms with Crippen molar-refractivity contribution in [3.05, 3.63) is 30.6 Å². The number of carbonyl (C=O) groups is 1. The van der Waals surface area contributed by atoms with E-state index in [0.29, 0.717) is 0 Å². The van der Waals surface area contributed by atoms with Crippen molar-refractivity contribution in [2.24, 2.45) is 0 Å². The molecule has 0 aliphatic rings. The van der Waals surface area contributed by atoms with Crippen LogP contribution >= 0.6 is 0 Å². The Bertz CT molecular complexity index is 189. The van der Waals surface area contributed by atoms with E-state index in [9.17, 15) is 4.79 Å². The molecule has 0 amide bonds. The third-order valence-electron chi connectivity index (χ3n) is 0.924. The van der Waals surface area contributed by atoms with E-state index in [4.69, 9.17) is 10.2 Å². The van der Waals surface area contributed by atoms with Crippen molar-refractivity contribution >= 4 is 5.97 Å². The summed E-state index contributed by atoms with van der Waals surface area (Å²) in [6, 6.07) is 5.72. The van der Waals surface area contributed by atoms with Crippen LogP contribution in [-0.4, -0.2) is 27.3 Å². The number of aliphatic hydroxyl groups excluding tert-OH is 1. The van der Waals surface area contributed by atoms with Gasteiger partial charge in [-0.05, 0) is 19.1 Å². The van der Waals surface area contributed by atoms with Gasteiger partial charge in [-0.2, -0.15) is 0 Å². The van der Waals surface area contributed by atoms with Crippen molar-refractivity contribution < 1.29 is 37.4 Å². The van der Waals surface area contributed by atoms with Crippen molar-refractivity contribution in [3.8, 4) is 0 Å². The van der Waals surface area contributed by atoms with Gasteiger partial charge in [-0.3, -0.25) is 4.98 Å². The number of hydrogen-bond acceptors (Lipinski definition) is 3. The predicted molar refractivity (Wildman–Crippen MR) is 43.6 cm³/mol. The van der Waals surface area contributed by atoms with Crippen molar-refractivity contribution in [2.45, 2.75) is 13.0 Å². The van der Waals surface area contributed by atoms with Gasteiger partial charge in [-0.15, -0.1) is 0 Å². The first-order valence-electron chi connectivity index (χ1n) is 3.40. The summed E-state index contributed by atoms with van der Waals surface area (Å²) in [4.78, 5) is 13.2. The van der Waals surface area contributed by atoms with Gasteiger partial charge >= 0.3 is 5.97 Å². The van der Waals surface area contributed by atoms with E-state index in [1.165, 1.54) is 6.92 Å². The molecule has 0 spiro atoms. The van der Waals surface area contributed by atoms with Crippen LogP contribution in [0.4, 0.5) is 0 Å². The first-order valence-corrected chi connectivity index (χ1v) is 3.40. The number of aliphatic hydroxyl groups is 1. The number of carboxylic acids is 1. The average Bonchev–Trinajstić information content (AvgIpc) is 2.08. The zero-order valence-corrected chi connectivity index (χ0v) is 8.50. The van der Waals surface area contributed by atoms with E-state index in [0.717, 1.165) is 0 Å². The van der Waals surface area contributed by atoms with Crippen molar-refractivity contribution in [1.29, 1.82) is 0 Å². The molecule has 4 nitrogen and oxygen atoms in total. The number of nitrogens with zero attached hydrogens (tertiary/aromatic N) is 1. The molecule has 1 rings (SSSR count). The largest absolute Gasteiger partial charge is 0.479 e. The second-order valence-electron chi connectivity index (χ2n) is 2.04. The summed E-state index contributed by atoms with van der Waals surface area (Å²) in [6.45, 7) is 1.20. The van der Waals surface area contributed by atoms with Gasteiger partial charge < -0.3 is 10.2 Å². The number of hydrogen-bond donors (Lipinski definition) is 2. The molecule has 0 fully saturated rings. The van der Waals surface area contributed by atoms with Gasteiger partial charge in [0.05, 0.1) is 0 Å². The summed E-state index contributed by atoms with van der Waals surface area (Å²) in [5.74, 6) is -1.19. The summed E-state index contributed by atoms with van der Waals surface area (Å²) in [5.41, 5.74) is 0. The Morgan fingerprint density at radius 3 is 1.77 bits per heavy atom. The summed E-state index contributed by atoms with van der Waals surface area (Å²) in [6.07, 6.45) is 2.27. The molecule has 1 unspecified atom stereocenters. The topological polar surface area (TPSA) is 70.4 Å². The second-order valence-corrected chi connectivity index (χ2v) is 2.04. The zero-order chi connectivity index (χ0) is 9.40. The first kappa shape index (κ1) is 14.8. The van der Waals surface area contributed by atoms with E-state index < -0.39 is 12.1 Å². The molecule has 13 heavy (non-hydrogen) atoms. The summed E-state index contributed by atoms with van der Waals surface area (Å²) >= 11 is 0. The number of rotatable bonds is 1. The molecule has 0 aromatic carbocycles. The molecule has 1 atom stereocenters. The van der Waals surface area contributed by atoms with Crippen LogP contribution in [0.2, 0.25) is 0 Å². The van der Waals surface area contributed by atoms with E-state index in [2.05, 4.69) is 4.98 Å². The maximum Gasteiger partial charge on any atom is 0.332 e. The molecule has 5 heteroatoms. The quantitative estimate of drug-likeness (QED) is 0.735. The van der Waals surface area contributed by atoms with Gasteiger partial charge in [0.2, 0.25) is 0 Å². The van der Waals surface area contributed by atoms with Gasteiger partial charge in [0.25, 0.3) is 0 Å². The van der Waals surface area contributed by atoms with E-state index in [-0.39, 0.29) is 22.4 Å². The second kappa shape index (κ2) is 9.41. The molecule has 1 aromatic heterocycles. The van der Waals surface area contributed by atoms with Crippen LogP contribution in [-0.2, 0) is 27.2 Å². The van der Waals surface area contributed by atoms with Crippen LogP contribution < -0.4 is 0 Å². The molecular formula is C8H11AgNO3. The zero-order valence-electron chi connectivity index (χ0n) is 7.02. The van der Waals surface area contributed by atoms with Gasteiger partial charge in [-0.1, -0.05) is 6.07 Å². The summed E-state index contributed by atoms with van der Waals surface area (Å²) < 4.78 is 0. The van der Waals surface area contributed by atoms with Crippen LogP contribution in [0.5, 0.6) is 0 Å². The van der Waals surface area contributed by atoms with Gasteiger partial charge in [0.15, 0.2) is 0 Å². The fourth-order valence-corrected chi connectivity index (χ4v) is 0.313. The molecular weight excluding hydrogens is 266 g/mol. The number of carboxylic acid groups (broad SMARTS) is 1. The van der Waals surface area contributed by atoms with Crippen LogP contribution in [0.1, 0.15) is 6.92 Å². The molecule has 0 saturated heterocycles. The Kier molecular flexibility index (Phi) is 10.7. The smallest absolute Gasteiger partial charge is 0.332 e. The maximum atomic E-state index is 9.45. The van der Waals surface area contributed by atoms with Crippen molar-refractivity contribution in [3.63, 3.8) is 0 Å². The minimum atomic E-state index is -1.23. The Labute approximate surface area is 92.1 Å². The van der Waals surface area contributed by atoms with Gasteiger partial charge in [0, 0.05) is 34.8 Å². The number of aromatic nitrogens is 1. The third-order valence-corrected chi connectivity index (χ3v) is 0.924. The average molecular weight is 277 g/mol. The molecule has 2 N–H and O–H groups in total. The Hall–Kier alpha value is -0.680. The van der Waals surface area contributed by atoms with E-state index in [1.807, 2.05) is 18.2 Å². The molecule has 1 aromatic rings. The molecule has 0 saturated carbocycles. The summed E-state index contributed by atoms with van der Waals surface area (Å²) in [5, 5.41) is 15.8. The Morgan fingerprint density at radius 2 is 1.69 bits per heavy atom. The first-order chi connectivity index (χ1) is 5.64. The summed E-state index contributed by atoms with van der Waals surface area (Å²) in [7, 11) is 0. The third kappa shape index (κ3) is 11.3. The van der Waals surface area contributed by atoms with Gasteiger partial charge in [-0.25, -0.2) is 4.79 Å². The maximum absolute atomic E-state index is 9.45. The molecule has 0 aliphatic carbocycles. The van der Waals surface area contributed by atoms with Crippen molar-refractivity contribution in [1.82, 2.24) is 4.98 Å². The monoisotopic (exact) mass is 276 g/mol. The van der Waals surface area contributed by atoms with E-state index >= 15 is 0 Å². The Morgan fingerprint density at radius 1 is 1.31 bits per heavy atom. The van der Waals surface area contributed by atoms with Crippen molar-refractivity contribution in [2.75, 3.05) is 0 Å². The number of aliphatic carboxylic acids is 1. The number of pyridine rings is 1. The molecule has 0 bridgehead atoms. The standard InChI is InChI=1S/C5H5N.C3H6O3.Ag/c1-2-4-6-5-3-1;1-2(4)3(5)6;/h1-5H;2,4H,1H3,(H,5,6);. The fourth-order valence-electron chi connectivity index (χ4n) is 0.313. The SMILES string of the molecule is CC(O)C(=O)O.[Ag].c1ccncc1. The normalized spacial score (nSPS) is 10.0.